The zero-order chi connectivity index (χ0) is 24.2. The number of primary amides is 1. The van der Waals surface area contributed by atoms with Crippen molar-refractivity contribution in [2.45, 2.75) is 13.8 Å². The second-order valence-electron chi connectivity index (χ2n) is 7.75. The van der Waals surface area contributed by atoms with Crippen molar-refractivity contribution in [3.8, 4) is 5.75 Å². The highest BCUT2D eigenvalue weighted by atomic mass is 79.9. The van der Waals surface area contributed by atoms with Crippen LogP contribution in [0.1, 0.15) is 16.7 Å². The Bertz CT molecular complexity index is 1300. The number of carbonyl (C=O) groups is 2. The molecule has 3 aromatic carbocycles. The molecule has 1 heterocycles. The third-order valence-corrected chi connectivity index (χ3v) is 6.45. The van der Waals surface area contributed by atoms with E-state index < -0.39 is 5.91 Å². The zero-order valence-corrected chi connectivity index (χ0v) is 21.0. The molecule has 0 spiro atoms. The molecular weight excluding hydrogens is 514 g/mol. The molecule has 0 aromatic heterocycles. The van der Waals surface area contributed by atoms with Crippen molar-refractivity contribution >= 4 is 62.1 Å². The van der Waals surface area contributed by atoms with E-state index in [1.165, 1.54) is 11.8 Å². The van der Waals surface area contributed by atoms with Gasteiger partial charge in [0.05, 0.1) is 16.3 Å². The van der Waals surface area contributed by atoms with Crippen LogP contribution in [0.5, 0.6) is 5.75 Å². The fraction of sp³-hybridized carbons (Fsp3) is 0.115. The van der Waals surface area contributed by atoms with Gasteiger partial charge in [-0.1, -0.05) is 51.3 Å². The largest absolute Gasteiger partial charge is 0.483 e. The minimum atomic E-state index is -0.578. The van der Waals surface area contributed by atoms with Crippen molar-refractivity contribution in [1.29, 1.82) is 0 Å². The molecule has 0 unspecified atom stereocenters. The molecular formula is C26H22BrN3O3S. The van der Waals surface area contributed by atoms with Crippen molar-refractivity contribution in [3.05, 3.63) is 92.8 Å². The number of hydrogen-bond acceptors (Lipinski definition) is 5. The number of anilines is 1. The van der Waals surface area contributed by atoms with Gasteiger partial charge in [0.1, 0.15) is 5.75 Å². The van der Waals surface area contributed by atoms with Crippen LogP contribution in [0.4, 0.5) is 11.4 Å². The predicted molar refractivity (Wildman–Crippen MR) is 141 cm³/mol. The molecule has 0 saturated carbocycles. The van der Waals surface area contributed by atoms with E-state index in [-0.39, 0.29) is 12.5 Å². The fourth-order valence-corrected chi connectivity index (χ4v) is 4.62. The molecule has 34 heavy (non-hydrogen) atoms. The van der Waals surface area contributed by atoms with Gasteiger partial charge in [-0.15, -0.1) is 0 Å². The molecule has 8 heteroatoms. The van der Waals surface area contributed by atoms with Gasteiger partial charge in [0.2, 0.25) is 0 Å². The van der Waals surface area contributed by atoms with Gasteiger partial charge in [-0.2, -0.15) is 0 Å². The van der Waals surface area contributed by atoms with E-state index in [9.17, 15) is 9.59 Å². The number of amidine groups is 1. The third kappa shape index (κ3) is 5.58. The van der Waals surface area contributed by atoms with Crippen molar-refractivity contribution in [1.82, 2.24) is 0 Å². The average molecular weight is 536 g/mol. The number of halogens is 1. The predicted octanol–water partition coefficient (Wildman–Crippen LogP) is 5.74. The number of amides is 2. The lowest BCUT2D eigenvalue weighted by Crippen LogP contribution is -2.28. The summed E-state index contributed by atoms with van der Waals surface area (Å²) >= 11 is 4.74. The number of nitrogens with two attached hydrogens (primary N) is 1. The molecule has 2 N–H and O–H groups in total. The number of rotatable bonds is 6. The van der Waals surface area contributed by atoms with E-state index in [0.29, 0.717) is 21.4 Å². The quantitative estimate of drug-likeness (QED) is 0.408. The Balaban J connectivity index is 1.76. The van der Waals surface area contributed by atoms with Crippen LogP contribution >= 0.6 is 27.7 Å². The van der Waals surface area contributed by atoms with Crippen LogP contribution in [-0.2, 0) is 9.59 Å². The summed E-state index contributed by atoms with van der Waals surface area (Å²) in [6.45, 7) is 3.76. The summed E-state index contributed by atoms with van der Waals surface area (Å²) in [5.41, 5.74) is 9.60. The van der Waals surface area contributed by atoms with Gasteiger partial charge in [-0.3, -0.25) is 14.5 Å². The number of thioether (sulfide) groups is 1. The molecule has 0 bridgehead atoms. The number of carbonyl (C=O) groups excluding carboxylic acids is 2. The number of hydrogen-bond donors (Lipinski definition) is 1. The maximum Gasteiger partial charge on any atom is 0.271 e. The van der Waals surface area contributed by atoms with Crippen LogP contribution in [0.3, 0.4) is 0 Å². The van der Waals surface area contributed by atoms with E-state index >= 15 is 0 Å². The maximum atomic E-state index is 13.5. The number of aliphatic imine (C=N–C) groups is 1. The second-order valence-corrected chi connectivity index (χ2v) is 9.68. The summed E-state index contributed by atoms with van der Waals surface area (Å²) in [7, 11) is 0. The summed E-state index contributed by atoms with van der Waals surface area (Å²) < 4.78 is 6.36. The van der Waals surface area contributed by atoms with Gasteiger partial charge in [-0.25, -0.2) is 4.99 Å². The standard InChI is InChI=1S/C26H22BrN3O3S/c1-16-3-8-20(9-4-16)29-26-30(21-10-5-17(2)6-11-21)25(32)23(34-26)14-18-13-19(27)7-12-22(18)33-15-24(28)31/h3-14H,15H2,1-2H3,(H2,28,31)/b23-14-,29-26?. The van der Waals surface area contributed by atoms with Crippen molar-refractivity contribution in [2.24, 2.45) is 10.7 Å². The maximum absolute atomic E-state index is 13.5. The SMILES string of the molecule is Cc1ccc(N=C2S/C(=C\c3cc(Br)ccc3OCC(N)=O)C(=O)N2c2ccc(C)cc2)cc1. The highest BCUT2D eigenvalue weighted by Crippen LogP contribution is 2.38. The first-order valence-corrected chi connectivity index (χ1v) is 12.1. The van der Waals surface area contributed by atoms with Crippen LogP contribution in [0.25, 0.3) is 6.08 Å². The Morgan fingerprint density at radius 2 is 1.71 bits per heavy atom. The molecule has 172 valence electrons. The van der Waals surface area contributed by atoms with Crippen LogP contribution in [0.2, 0.25) is 0 Å². The Morgan fingerprint density at radius 1 is 1.06 bits per heavy atom. The normalized spacial score (nSPS) is 15.9. The lowest BCUT2D eigenvalue weighted by atomic mass is 10.1. The van der Waals surface area contributed by atoms with Gasteiger partial charge >= 0.3 is 0 Å². The van der Waals surface area contributed by atoms with E-state index in [2.05, 4.69) is 15.9 Å². The van der Waals surface area contributed by atoms with E-state index in [1.807, 2.05) is 68.4 Å². The lowest BCUT2D eigenvalue weighted by Gasteiger charge is -2.16. The van der Waals surface area contributed by atoms with Gasteiger partial charge < -0.3 is 10.5 Å². The molecule has 6 nitrogen and oxygen atoms in total. The molecule has 1 fully saturated rings. The van der Waals surface area contributed by atoms with Crippen molar-refractivity contribution < 1.29 is 14.3 Å². The first kappa shape index (κ1) is 23.8. The first-order valence-electron chi connectivity index (χ1n) is 10.5. The van der Waals surface area contributed by atoms with E-state index in [1.54, 1.807) is 23.1 Å². The molecule has 0 atom stereocenters. The van der Waals surface area contributed by atoms with Crippen LogP contribution < -0.4 is 15.4 Å². The molecule has 4 rings (SSSR count). The monoisotopic (exact) mass is 535 g/mol. The highest BCUT2D eigenvalue weighted by Gasteiger charge is 2.35. The fourth-order valence-electron chi connectivity index (χ4n) is 3.25. The Kier molecular flexibility index (Phi) is 7.19. The molecule has 3 aromatic rings. The number of ether oxygens (including phenoxy) is 1. The zero-order valence-electron chi connectivity index (χ0n) is 18.6. The molecule has 2 amide bonds. The molecule has 0 radical (unpaired) electrons. The molecule has 1 aliphatic rings. The van der Waals surface area contributed by atoms with Crippen molar-refractivity contribution in [3.63, 3.8) is 0 Å². The van der Waals surface area contributed by atoms with Gasteiger partial charge in [0.15, 0.2) is 11.8 Å². The Labute approximate surface area is 210 Å². The Hall–Kier alpha value is -3.36. The number of nitrogens with zero attached hydrogens (tertiary/aromatic N) is 2. The van der Waals surface area contributed by atoms with Crippen molar-refractivity contribution in [2.75, 3.05) is 11.5 Å². The summed E-state index contributed by atoms with van der Waals surface area (Å²) in [4.78, 5) is 31.6. The molecule has 1 aliphatic heterocycles. The topological polar surface area (TPSA) is 85.0 Å². The summed E-state index contributed by atoms with van der Waals surface area (Å²) in [5, 5.41) is 0.554. The van der Waals surface area contributed by atoms with Crippen LogP contribution in [0, 0.1) is 13.8 Å². The minimum absolute atomic E-state index is 0.194. The number of aryl methyl sites for hydroxylation is 2. The van der Waals surface area contributed by atoms with E-state index in [0.717, 1.165) is 27.0 Å². The summed E-state index contributed by atoms with van der Waals surface area (Å²) in [6, 6.07) is 20.9. The van der Waals surface area contributed by atoms with Crippen LogP contribution in [-0.4, -0.2) is 23.6 Å². The summed E-state index contributed by atoms with van der Waals surface area (Å²) in [5.74, 6) is -0.319. The second kappa shape index (κ2) is 10.3. The van der Waals surface area contributed by atoms with Crippen LogP contribution in [0.15, 0.2) is 81.1 Å². The molecule has 1 saturated heterocycles. The van der Waals surface area contributed by atoms with E-state index in [4.69, 9.17) is 15.5 Å². The van der Waals surface area contributed by atoms with Gasteiger partial charge in [0, 0.05) is 10.0 Å². The first-order chi connectivity index (χ1) is 16.3. The molecule has 0 aliphatic carbocycles. The average Bonchev–Trinajstić information content (AvgIpc) is 3.10. The minimum Gasteiger partial charge on any atom is -0.483 e. The summed E-state index contributed by atoms with van der Waals surface area (Å²) in [6.07, 6.45) is 1.74. The smallest absolute Gasteiger partial charge is 0.271 e. The Morgan fingerprint density at radius 3 is 2.35 bits per heavy atom. The van der Waals surface area contributed by atoms with Gasteiger partial charge in [0.25, 0.3) is 11.8 Å². The number of benzene rings is 3. The highest BCUT2D eigenvalue weighted by molar-refractivity contribution is 9.10. The third-order valence-electron chi connectivity index (χ3n) is 4.99. The van der Waals surface area contributed by atoms with Gasteiger partial charge in [-0.05, 0) is 74.1 Å². The lowest BCUT2D eigenvalue weighted by molar-refractivity contribution is -0.120.